The fourth-order valence-electron chi connectivity index (χ4n) is 3.81. The monoisotopic (exact) mass is 443 g/mol. The Morgan fingerprint density at radius 3 is 2.32 bits per heavy atom. The lowest BCUT2D eigenvalue weighted by molar-refractivity contribution is -0.114. The summed E-state index contributed by atoms with van der Waals surface area (Å²) in [6, 6.07) is 14.2. The molecule has 31 heavy (non-hydrogen) atoms. The summed E-state index contributed by atoms with van der Waals surface area (Å²) in [5, 5.41) is 5.06. The summed E-state index contributed by atoms with van der Waals surface area (Å²) in [6.07, 6.45) is 2.71. The second-order valence-electron chi connectivity index (χ2n) is 8.19. The van der Waals surface area contributed by atoms with Crippen LogP contribution in [0.4, 0.5) is 11.4 Å². The molecule has 166 valence electrons. The molecule has 0 aliphatic heterocycles. The van der Waals surface area contributed by atoms with Crippen molar-refractivity contribution in [2.24, 2.45) is 0 Å². The number of amides is 2. The highest BCUT2D eigenvalue weighted by atomic mass is 32.2. The van der Waals surface area contributed by atoms with Crippen LogP contribution in [0.5, 0.6) is 0 Å². The molecule has 0 unspecified atom stereocenters. The molecule has 7 nitrogen and oxygen atoms in total. The van der Waals surface area contributed by atoms with Crippen LogP contribution in [0, 0.1) is 0 Å². The van der Waals surface area contributed by atoms with Crippen LogP contribution >= 0.6 is 0 Å². The van der Waals surface area contributed by atoms with Crippen molar-refractivity contribution in [3.63, 3.8) is 0 Å². The van der Waals surface area contributed by atoms with Crippen LogP contribution in [0.1, 0.15) is 61.9 Å². The molecule has 1 fully saturated rings. The van der Waals surface area contributed by atoms with Crippen LogP contribution in [0.15, 0.2) is 48.5 Å². The van der Waals surface area contributed by atoms with Crippen molar-refractivity contribution in [2.75, 3.05) is 10.6 Å². The molecular weight excluding hydrogens is 414 g/mol. The van der Waals surface area contributed by atoms with E-state index in [1.54, 1.807) is 38.1 Å². The van der Waals surface area contributed by atoms with Gasteiger partial charge in [-0.15, -0.1) is 0 Å². The van der Waals surface area contributed by atoms with E-state index < -0.39 is 15.3 Å². The Balaban J connectivity index is 1.67. The van der Waals surface area contributed by atoms with Gasteiger partial charge in [0, 0.05) is 35.8 Å². The van der Waals surface area contributed by atoms with Gasteiger partial charge in [-0.25, -0.2) is 13.1 Å². The maximum atomic E-state index is 12.6. The molecule has 0 radical (unpaired) electrons. The molecule has 3 N–H and O–H groups in total. The zero-order valence-corrected chi connectivity index (χ0v) is 18.8. The Hall–Kier alpha value is -2.71. The van der Waals surface area contributed by atoms with Crippen LogP contribution in [0.3, 0.4) is 0 Å². The van der Waals surface area contributed by atoms with Crippen molar-refractivity contribution in [1.29, 1.82) is 0 Å². The van der Waals surface area contributed by atoms with Gasteiger partial charge in [0.1, 0.15) is 0 Å². The molecule has 0 aromatic heterocycles. The molecule has 2 atom stereocenters. The van der Waals surface area contributed by atoms with Gasteiger partial charge < -0.3 is 10.6 Å². The lowest BCUT2D eigenvalue weighted by Gasteiger charge is -2.23. The summed E-state index contributed by atoms with van der Waals surface area (Å²) in [6.45, 7) is 4.77. The Labute approximate surface area is 183 Å². The number of rotatable bonds is 7. The zero-order chi connectivity index (χ0) is 22.6. The van der Waals surface area contributed by atoms with Crippen LogP contribution in [-0.4, -0.2) is 31.5 Å². The van der Waals surface area contributed by atoms with E-state index in [9.17, 15) is 18.0 Å². The molecule has 0 spiro atoms. The van der Waals surface area contributed by atoms with E-state index in [2.05, 4.69) is 15.4 Å². The molecule has 2 aromatic rings. The van der Waals surface area contributed by atoms with Crippen molar-refractivity contribution in [2.45, 2.75) is 57.2 Å². The average molecular weight is 444 g/mol. The quantitative estimate of drug-likeness (QED) is 0.604. The highest BCUT2D eigenvalue weighted by molar-refractivity contribution is 7.90. The molecular formula is C23H29N3O4S. The van der Waals surface area contributed by atoms with Crippen molar-refractivity contribution in [3.8, 4) is 0 Å². The Bertz CT molecular complexity index is 1050. The van der Waals surface area contributed by atoms with E-state index in [0.717, 1.165) is 24.8 Å². The Morgan fingerprint density at radius 2 is 1.68 bits per heavy atom. The van der Waals surface area contributed by atoms with Gasteiger partial charge >= 0.3 is 0 Å². The summed E-state index contributed by atoms with van der Waals surface area (Å²) in [5.41, 5.74) is 2.71. The Kier molecular flexibility index (Phi) is 7.12. The molecule has 8 heteroatoms. The van der Waals surface area contributed by atoms with Gasteiger partial charge in [0.05, 0.1) is 5.25 Å². The number of benzene rings is 2. The van der Waals surface area contributed by atoms with Crippen molar-refractivity contribution < 1.29 is 18.0 Å². The fourth-order valence-corrected chi connectivity index (χ4v) is 4.78. The first-order valence-electron chi connectivity index (χ1n) is 10.5. The number of hydrogen-bond acceptors (Lipinski definition) is 4. The molecule has 1 saturated carbocycles. The molecule has 0 bridgehead atoms. The predicted octanol–water partition coefficient (Wildman–Crippen LogP) is 3.86. The molecule has 0 saturated heterocycles. The minimum Gasteiger partial charge on any atom is -0.326 e. The third-order valence-corrected chi connectivity index (χ3v) is 7.37. The first kappa shape index (κ1) is 23.0. The molecule has 1 aliphatic carbocycles. The molecule has 3 rings (SSSR count). The van der Waals surface area contributed by atoms with Crippen LogP contribution in [0.25, 0.3) is 0 Å². The largest absolute Gasteiger partial charge is 0.326 e. The first-order chi connectivity index (χ1) is 14.7. The van der Waals surface area contributed by atoms with Gasteiger partial charge in [0.2, 0.25) is 15.9 Å². The van der Waals surface area contributed by atoms with Crippen molar-refractivity contribution in [1.82, 2.24) is 4.72 Å². The number of anilines is 2. The van der Waals surface area contributed by atoms with Gasteiger partial charge in [-0.1, -0.05) is 24.6 Å². The minimum absolute atomic E-state index is 0.107. The third kappa shape index (κ3) is 5.92. The maximum Gasteiger partial charge on any atom is 0.255 e. The van der Waals surface area contributed by atoms with Crippen LogP contribution in [-0.2, 0) is 14.8 Å². The Morgan fingerprint density at radius 1 is 0.968 bits per heavy atom. The number of sulfonamides is 1. The van der Waals surface area contributed by atoms with E-state index in [0.29, 0.717) is 16.9 Å². The van der Waals surface area contributed by atoms with Crippen LogP contribution in [0.2, 0.25) is 0 Å². The van der Waals surface area contributed by atoms with Gasteiger partial charge in [-0.3, -0.25) is 9.59 Å². The van der Waals surface area contributed by atoms with Crippen molar-refractivity contribution >= 4 is 33.2 Å². The van der Waals surface area contributed by atoms with Gasteiger partial charge in [-0.2, -0.15) is 0 Å². The lowest BCUT2D eigenvalue weighted by Crippen LogP contribution is -2.40. The van der Waals surface area contributed by atoms with E-state index in [1.807, 2.05) is 24.3 Å². The standard InChI is InChI=1S/C23H29N3O4S/c1-15(2)31(29,30)26-22-9-5-8-21(22)17-10-12-19(13-11-17)25-23(28)18-6-4-7-20(14-18)24-16(3)27/h4,6-7,10-15,21-22,26H,5,8-9H2,1-3H3,(H,24,27)(H,25,28)/t21-,22-/m1/s1. The normalized spacial score (nSPS) is 18.7. The second kappa shape index (κ2) is 9.62. The lowest BCUT2D eigenvalue weighted by atomic mass is 9.94. The third-order valence-electron chi connectivity index (χ3n) is 5.49. The smallest absolute Gasteiger partial charge is 0.255 e. The SMILES string of the molecule is CC(=O)Nc1cccc(C(=O)Nc2ccc([C@H]3CCC[C@H]3NS(=O)(=O)C(C)C)cc2)c1. The second-order valence-corrected chi connectivity index (χ2v) is 10.5. The fraction of sp³-hybridized carbons (Fsp3) is 0.391. The minimum atomic E-state index is -3.32. The summed E-state index contributed by atoms with van der Waals surface area (Å²) in [7, 11) is -3.32. The number of hydrogen-bond donors (Lipinski definition) is 3. The number of carbonyl (C=O) groups excluding carboxylic acids is 2. The molecule has 1 aliphatic rings. The average Bonchev–Trinajstić information content (AvgIpc) is 3.15. The summed E-state index contributed by atoms with van der Waals surface area (Å²) >= 11 is 0. The summed E-state index contributed by atoms with van der Waals surface area (Å²) < 4.78 is 27.4. The van der Waals surface area contributed by atoms with E-state index >= 15 is 0 Å². The molecule has 0 heterocycles. The first-order valence-corrected chi connectivity index (χ1v) is 12.0. The van der Waals surface area contributed by atoms with E-state index in [4.69, 9.17) is 0 Å². The number of nitrogens with one attached hydrogen (secondary N) is 3. The predicted molar refractivity (Wildman–Crippen MR) is 123 cm³/mol. The topological polar surface area (TPSA) is 104 Å². The van der Waals surface area contributed by atoms with Gasteiger partial charge in [-0.05, 0) is 62.6 Å². The summed E-state index contributed by atoms with van der Waals surface area (Å²) in [5.74, 6) is -0.356. The van der Waals surface area contributed by atoms with Crippen molar-refractivity contribution in [3.05, 3.63) is 59.7 Å². The van der Waals surface area contributed by atoms with Gasteiger partial charge in [0.15, 0.2) is 0 Å². The van der Waals surface area contributed by atoms with Gasteiger partial charge in [0.25, 0.3) is 5.91 Å². The highest BCUT2D eigenvalue weighted by Crippen LogP contribution is 2.35. The molecule has 2 amide bonds. The maximum absolute atomic E-state index is 12.6. The number of carbonyl (C=O) groups is 2. The highest BCUT2D eigenvalue weighted by Gasteiger charge is 2.32. The van der Waals surface area contributed by atoms with Crippen LogP contribution < -0.4 is 15.4 Å². The van der Waals surface area contributed by atoms with E-state index in [-0.39, 0.29) is 23.8 Å². The van der Waals surface area contributed by atoms with E-state index in [1.165, 1.54) is 6.92 Å². The molecule has 2 aromatic carbocycles. The summed E-state index contributed by atoms with van der Waals surface area (Å²) in [4.78, 5) is 23.8. The zero-order valence-electron chi connectivity index (χ0n) is 18.0.